The lowest BCUT2D eigenvalue weighted by atomic mass is 10.1. The Labute approximate surface area is 199 Å². The van der Waals surface area contributed by atoms with Crippen molar-refractivity contribution >= 4 is 24.0 Å². The minimum Gasteiger partial charge on any atom is -0.493 e. The maximum Gasteiger partial charge on any atom is 0.331 e. The van der Waals surface area contributed by atoms with Crippen molar-refractivity contribution in [2.24, 2.45) is 0 Å². The van der Waals surface area contributed by atoms with Gasteiger partial charge in [0.2, 0.25) is 5.91 Å². The maximum atomic E-state index is 12.6. The molecule has 1 N–H and O–H groups in total. The van der Waals surface area contributed by atoms with Gasteiger partial charge in [-0.15, -0.1) is 0 Å². The Morgan fingerprint density at radius 3 is 2.00 bits per heavy atom. The molecule has 0 aliphatic rings. The molecule has 0 saturated heterocycles. The first-order valence-electron chi connectivity index (χ1n) is 10.8. The third kappa shape index (κ3) is 7.10. The van der Waals surface area contributed by atoms with E-state index in [0.29, 0.717) is 17.1 Å². The fourth-order valence-electron chi connectivity index (χ4n) is 3.28. The van der Waals surface area contributed by atoms with Crippen LogP contribution in [0.4, 0.5) is 0 Å². The first-order valence-corrected chi connectivity index (χ1v) is 10.8. The van der Waals surface area contributed by atoms with E-state index in [1.165, 1.54) is 26.4 Å². The highest BCUT2D eigenvalue weighted by Gasteiger charge is 2.23. The van der Waals surface area contributed by atoms with Crippen molar-refractivity contribution in [1.82, 2.24) is 5.32 Å². The molecule has 0 unspecified atom stereocenters. The van der Waals surface area contributed by atoms with Crippen LogP contribution < -0.4 is 14.8 Å². The number of nitrogens with one attached hydrogen (secondary N) is 1. The molecule has 3 aromatic rings. The van der Waals surface area contributed by atoms with E-state index < -0.39 is 12.1 Å². The molecular weight excluding hydrogens is 430 g/mol. The zero-order valence-electron chi connectivity index (χ0n) is 19.1. The number of ether oxygens (including phenoxy) is 3. The lowest BCUT2D eigenvalue weighted by molar-refractivity contribution is -0.143. The second kappa shape index (κ2) is 12.6. The Hall–Kier alpha value is -4.32. The largest absolute Gasteiger partial charge is 0.493 e. The number of carbonyl (C=O) groups is 2. The van der Waals surface area contributed by atoms with Crippen LogP contribution in [0.3, 0.4) is 0 Å². The number of methoxy groups -OCH3 is 2. The summed E-state index contributed by atoms with van der Waals surface area (Å²) in [6.45, 7) is 0.0480. The van der Waals surface area contributed by atoms with Gasteiger partial charge in [0, 0.05) is 17.7 Å². The van der Waals surface area contributed by atoms with Crippen LogP contribution in [-0.4, -0.2) is 32.6 Å². The van der Waals surface area contributed by atoms with Gasteiger partial charge in [0.15, 0.2) is 11.5 Å². The molecule has 6 heteroatoms. The van der Waals surface area contributed by atoms with E-state index in [4.69, 9.17) is 14.2 Å². The van der Waals surface area contributed by atoms with Crippen LogP contribution in [0.2, 0.25) is 0 Å². The molecule has 0 saturated carbocycles. The van der Waals surface area contributed by atoms with Crippen LogP contribution in [0.25, 0.3) is 12.2 Å². The normalized spacial score (nSPS) is 11.8. The van der Waals surface area contributed by atoms with Gasteiger partial charge in [0.05, 0.1) is 20.8 Å². The van der Waals surface area contributed by atoms with E-state index in [1.54, 1.807) is 30.4 Å². The van der Waals surface area contributed by atoms with Crippen molar-refractivity contribution in [1.29, 1.82) is 0 Å². The molecule has 3 aromatic carbocycles. The molecule has 0 spiro atoms. The molecule has 6 nitrogen and oxygen atoms in total. The Morgan fingerprint density at radius 2 is 1.41 bits per heavy atom. The van der Waals surface area contributed by atoms with Gasteiger partial charge in [0.25, 0.3) is 0 Å². The van der Waals surface area contributed by atoms with E-state index in [0.717, 1.165) is 11.1 Å². The van der Waals surface area contributed by atoms with Gasteiger partial charge in [-0.3, -0.25) is 4.79 Å². The van der Waals surface area contributed by atoms with Gasteiger partial charge >= 0.3 is 5.97 Å². The summed E-state index contributed by atoms with van der Waals surface area (Å²) in [5.41, 5.74) is 2.35. The quantitative estimate of drug-likeness (QED) is 0.349. The molecular formula is C28H27NO5. The number of para-hydroxylation sites is 1. The molecule has 0 heterocycles. The highest BCUT2D eigenvalue weighted by molar-refractivity contribution is 5.91. The zero-order chi connectivity index (χ0) is 24.2. The van der Waals surface area contributed by atoms with Gasteiger partial charge in [-0.25, -0.2) is 4.79 Å². The fourth-order valence-corrected chi connectivity index (χ4v) is 3.28. The van der Waals surface area contributed by atoms with Crippen molar-refractivity contribution in [3.05, 3.63) is 108 Å². The van der Waals surface area contributed by atoms with Gasteiger partial charge < -0.3 is 19.5 Å². The number of hydrogen-bond acceptors (Lipinski definition) is 5. The van der Waals surface area contributed by atoms with Gasteiger partial charge in [-0.2, -0.15) is 0 Å². The van der Waals surface area contributed by atoms with Crippen LogP contribution in [-0.2, 0) is 14.3 Å². The van der Waals surface area contributed by atoms with Gasteiger partial charge in [-0.05, 0) is 29.3 Å². The van der Waals surface area contributed by atoms with Crippen LogP contribution in [0, 0.1) is 0 Å². The van der Waals surface area contributed by atoms with Crippen molar-refractivity contribution < 1.29 is 23.8 Å². The smallest absolute Gasteiger partial charge is 0.331 e. The van der Waals surface area contributed by atoms with Gasteiger partial charge in [-0.1, -0.05) is 72.8 Å². The first-order chi connectivity index (χ1) is 16.6. The SMILES string of the molecule is COc1cccc([C@@H](CNC(=O)C=Cc2ccccc2)OC(=O)C=Cc2ccccc2)c1OC. The molecule has 174 valence electrons. The van der Waals surface area contributed by atoms with Crippen LogP contribution in [0.5, 0.6) is 11.5 Å². The number of esters is 1. The van der Waals surface area contributed by atoms with E-state index in [9.17, 15) is 9.59 Å². The predicted octanol–water partition coefficient (Wildman–Crippen LogP) is 4.83. The topological polar surface area (TPSA) is 73.9 Å². The molecule has 0 aliphatic heterocycles. The second-order valence-corrected chi connectivity index (χ2v) is 7.24. The number of benzene rings is 3. The summed E-state index contributed by atoms with van der Waals surface area (Å²) in [7, 11) is 3.04. The van der Waals surface area contributed by atoms with Crippen molar-refractivity contribution in [2.45, 2.75) is 6.10 Å². The molecule has 0 radical (unpaired) electrons. The predicted molar refractivity (Wildman–Crippen MR) is 132 cm³/mol. The zero-order valence-corrected chi connectivity index (χ0v) is 19.1. The average molecular weight is 458 g/mol. The number of amides is 1. The second-order valence-electron chi connectivity index (χ2n) is 7.24. The summed E-state index contributed by atoms with van der Waals surface area (Å²) in [5, 5.41) is 2.80. The summed E-state index contributed by atoms with van der Waals surface area (Å²) in [6.07, 6.45) is 5.37. The minimum atomic E-state index is -0.799. The Morgan fingerprint density at radius 1 is 0.794 bits per heavy atom. The molecule has 34 heavy (non-hydrogen) atoms. The number of hydrogen-bond donors (Lipinski definition) is 1. The lowest BCUT2D eigenvalue weighted by Gasteiger charge is -2.21. The maximum absolute atomic E-state index is 12.6. The number of rotatable bonds is 10. The molecule has 0 aliphatic carbocycles. The fraction of sp³-hybridized carbons (Fsp3) is 0.143. The minimum absolute atomic E-state index is 0.0480. The van der Waals surface area contributed by atoms with Crippen molar-refractivity contribution in [3.8, 4) is 11.5 Å². The van der Waals surface area contributed by atoms with Crippen molar-refractivity contribution in [3.63, 3.8) is 0 Å². The van der Waals surface area contributed by atoms with E-state index in [1.807, 2.05) is 60.7 Å². The third-order valence-corrected chi connectivity index (χ3v) is 4.94. The molecule has 1 amide bonds. The lowest BCUT2D eigenvalue weighted by Crippen LogP contribution is -2.29. The number of carbonyl (C=O) groups excluding carboxylic acids is 2. The first kappa shape index (κ1) is 24.3. The van der Waals surface area contributed by atoms with Crippen LogP contribution in [0.1, 0.15) is 22.8 Å². The average Bonchev–Trinajstić information content (AvgIpc) is 2.89. The summed E-state index contributed by atoms with van der Waals surface area (Å²) in [5.74, 6) is 0.0690. The molecule has 1 atom stereocenters. The molecule has 0 bridgehead atoms. The van der Waals surface area contributed by atoms with E-state index in [-0.39, 0.29) is 12.5 Å². The van der Waals surface area contributed by atoms with Crippen LogP contribution in [0.15, 0.2) is 91.0 Å². The Kier molecular flexibility index (Phi) is 9.05. The van der Waals surface area contributed by atoms with E-state index >= 15 is 0 Å². The van der Waals surface area contributed by atoms with Crippen molar-refractivity contribution in [2.75, 3.05) is 20.8 Å². The highest BCUT2D eigenvalue weighted by atomic mass is 16.5. The van der Waals surface area contributed by atoms with Crippen LogP contribution >= 0.6 is 0 Å². The molecule has 0 aromatic heterocycles. The molecule has 3 rings (SSSR count). The standard InChI is InChI=1S/C28H27NO5/c1-32-24-15-9-14-23(28(24)33-2)25(34-27(31)19-17-22-12-7-4-8-13-22)20-29-26(30)18-16-21-10-5-3-6-11-21/h3-19,25H,20H2,1-2H3,(H,29,30)/t25-/m1/s1. The summed E-state index contributed by atoms with van der Waals surface area (Å²) in [4.78, 5) is 25.0. The third-order valence-electron chi connectivity index (χ3n) is 4.94. The highest BCUT2D eigenvalue weighted by Crippen LogP contribution is 2.36. The van der Waals surface area contributed by atoms with E-state index in [2.05, 4.69) is 5.32 Å². The Bertz CT molecular complexity index is 1140. The van der Waals surface area contributed by atoms with Gasteiger partial charge in [0.1, 0.15) is 6.10 Å². The summed E-state index contributed by atoms with van der Waals surface area (Å²) < 4.78 is 16.6. The molecule has 0 fully saturated rings. The Balaban J connectivity index is 1.76. The summed E-state index contributed by atoms with van der Waals surface area (Å²) in [6, 6.07) is 24.2. The monoisotopic (exact) mass is 457 g/mol. The summed E-state index contributed by atoms with van der Waals surface area (Å²) >= 11 is 0.